The zero-order valence-corrected chi connectivity index (χ0v) is 15.7. The third-order valence-electron chi connectivity index (χ3n) is 3.84. The molecule has 0 heterocycles. The molecule has 128 valence electrons. The van der Waals surface area contributed by atoms with Crippen LogP contribution in [0.3, 0.4) is 0 Å². The molecule has 0 aliphatic heterocycles. The Labute approximate surface area is 150 Å². The van der Waals surface area contributed by atoms with Crippen molar-refractivity contribution >= 4 is 22.2 Å². The van der Waals surface area contributed by atoms with E-state index in [1.165, 1.54) is 0 Å². The minimum atomic E-state index is 0.324. The molecule has 0 radical (unpaired) electrons. The normalized spacial score (nSPS) is 10.5. The highest BCUT2D eigenvalue weighted by Crippen LogP contribution is 2.33. The van der Waals surface area contributed by atoms with Gasteiger partial charge < -0.3 is 14.2 Å². The second kappa shape index (κ2) is 8.85. The second-order valence-electron chi connectivity index (χ2n) is 5.26. The van der Waals surface area contributed by atoms with Gasteiger partial charge in [0.2, 0.25) is 0 Å². The summed E-state index contributed by atoms with van der Waals surface area (Å²) in [6, 6.07) is 9.59. The highest BCUT2D eigenvalue weighted by atomic mass is 79.9. The van der Waals surface area contributed by atoms with Crippen LogP contribution in [0.15, 0.2) is 34.8 Å². The summed E-state index contributed by atoms with van der Waals surface area (Å²) >= 11 is 3.59. The summed E-state index contributed by atoms with van der Waals surface area (Å²) in [6.45, 7) is 2.83. The number of methoxy groups -OCH3 is 2. The van der Waals surface area contributed by atoms with E-state index in [-0.39, 0.29) is 0 Å². The molecule has 0 fully saturated rings. The van der Waals surface area contributed by atoms with Gasteiger partial charge in [-0.05, 0) is 35.7 Å². The Morgan fingerprint density at radius 2 is 1.79 bits per heavy atom. The number of hydrogen-bond donors (Lipinski definition) is 0. The fourth-order valence-electron chi connectivity index (χ4n) is 2.45. The van der Waals surface area contributed by atoms with Crippen LogP contribution in [0.1, 0.15) is 34.0 Å². The molecule has 0 spiro atoms. The molecule has 5 heteroatoms. The maximum Gasteiger partial charge on any atom is 0.154 e. The highest BCUT2D eigenvalue weighted by Gasteiger charge is 2.16. The standard InChI is InChI=1S/C19H21BrO4/c1-4-14-9-18(23-3)16(10-21)17(19(14)20)12-24-11-13-5-7-15(22-2)8-6-13/h5-10H,4,11-12H2,1-3H3. The molecule has 24 heavy (non-hydrogen) atoms. The minimum Gasteiger partial charge on any atom is -0.497 e. The Morgan fingerprint density at radius 3 is 2.33 bits per heavy atom. The summed E-state index contributed by atoms with van der Waals surface area (Å²) < 4.78 is 17.2. The third kappa shape index (κ3) is 4.16. The van der Waals surface area contributed by atoms with Crippen molar-refractivity contribution in [2.24, 2.45) is 0 Å². The summed E-state index contributed by atoms with van der Waals surface area (Å²) in [7, 11) is 3.20. The van der Waals surface area contributed by atoms with Gasteiger partial charge in [-0.1, -0.05) is 35.0 Å². The monoisotopic (exact) mass is 392 g/mol. The number of hydrogen-bond acceptors (Lipinski definition) is 4. The Kier molecular flexibility index (Phi) is 6.82. The average Bonchev–Trinajstić information content (AvgIpc) is 2.63. The van der Waals surface area contributed by atoms with E-state index in [0.29, 0.717) is 24.5 Å². The van der Waals surface area contributed by atoms with Gasteiger partial charge in [0.15, 0.2) is 6.29 Å². The molecule has 0 aromatic heterocycles. The van der Waals surface area contributed by atoms with Gasteiger partial charge in [-0.2, -0.15) is 0 Å². The smallest absolute Gasteiger partial charge is 0.154 e. The van der Waals surface area contributed by atoms with Crippen LogP contribution in [0.25, 0.3) is 0 Å². The van der Waals surface area contributed by atoms with Gasteiger partial charge in [-0.15, -0.1) is 0 Å². The van der Waals surface area contributed by atoms with E-state index in [2.05, 4.69) is 22.9 Å². The topological polar surface area (TPSA) is 44.8 Å². The Bertz CT molecular complexity index is 696. The van der Waals surface area contributed by atoms with Gasteiger partial charge >= 0.3 is 0 Å². The van der Waals surface area contributed by atoms with Gasteiger partial charge in [0.05, 0.1) is 33.0 Å². The first-order valence-corrected chi connectivity index (χ1v) is 8.47. The van der Waals surface area contributed by atoms with E-state index in [0.717, 1.165) is 39.6 Å². The molecule has 0 amide bonds. The number of aryl methyl sites for hydroxylation is 1. The maximum atomic E-state index is 11.5. The van der Waals surface area contributed by atoms with Crippen LogP contribution >= 0.6 is 15.9 Å². The quantitative estimate of drug-likeness (QED) is 0.617. The van der Waals surface area contributed by atoms with Gasteiger partial charge in [0.1, 0.15) is 11.5 Å². The van der Waals surface area contributed by atoms with Crippen molar-refractivity contribution in [1.82, 2.24) is 0 Å². The first-order chi connectivity index (χ1) is 11.6. The molecule has 0 N–H and O–H groups in total. The van der Waals surface area contributed by atoms with E-state index >= 15 is 0 Å². The van der Waals surface area contributed by atoms with Crippen molar-refractivity contribution in [3.63, 3.8) is 0 Å². The molecule has 2 rings (SSSR count). The number of carbonyl (C=O) groups is 1. The molecule has 0 saturated carbocycles. The number of halogens is 1. The molecule has 0 unspecified atom stereocenters. The van der Waals surface area contributed by atoms with E-state index in [4.69, 9.17) is 14.2 Å². The molecular formula is C19H21BrO4. The lowest BCUT2D eigenvalue weighted by atomic mass is 10.0. The van der Waals surface area contributed by atoms with Crippen molar-refractivity contribution in [2.45, 2.75) is 26.6 Å². The number of ether oxygens (including phenoxy) is 3. The number of carbonyl (C=O) groups excluding carboxylic acids is 1. The molecule has 0 aliphatic rings. The number of rotatable bonds is 8. The van der Waals surface area contributed by atoms with E-state index in [9.17, 15) is 4.79 Å². The van der Waals surface area contributed by atoms with Crippen molar-refractivity contribution in [3.05, 3.63) is 57.1 Å². The average molecular weight is 393 g/mol. The summed E-state index contributed by atoms with van der Waals surface area (Å²) in [4.78, 5) is 11.5. The van der Waals surface area contributed by atoms with E-state index in [1.54, 1.807) is 14.2 Å². The molecule has 0 bridgehead atoms. The summed E-state index contributed by atoms with van der Waals surface area (Å²) in [6.07, 6.45) is 1.65. The van der Waals surface area contributed by atoms with Crippen molar-refractivity contribution in [1.29, 1.82) is 0 Å². The van der Waals surface area contributed by atoms with Gasteiger partial charge in [0.25, 0.3) is 0 Å². The summed E-state index contributed by atoms with van der Waals surface area (Å²) in [5.41, 5.74) is 3.46. The van der Waals surface area contributed by atoms with E-state index in [1.807, 2.05) is 30.3 Å². The lowest BCUT2D eigenvalue weighted by Gasteiger charge is -2.16. The van der Waals surface area contributed by atoms with Gasteiger partial charge in [-0.3, -0.25) is 4.79 Å². The Hall–Kier alpha value is -1.85. The second-order valence-corrected chi connectivity index (χ2v) is 6.05. The first kappa shape index (κ1) is 18.5. The molecule has 2 aromatic rings. The molecule has 0 saturated heterocycles. The summed E-state index contributed by atoms with van der Waals surface area (Å²) in [5, 5.41) is 0. The van der Waals surface area contributed by atoms with Crippen LogP contribution < -0.4 is 9.47 Å². The van der Waals surface area contributed by atoms with Crippen molar-refractivity contribution < 1.29 is 19.0 Å². The van der Waals surface area contributed by atoms with Crippen molar-refractivity contribution in [3.8, 4) is 11.5 Å². The zero-order valence-electron chi connectivity index (χ0n) is 14.1. The van der Waals surface area contributed by atoms with Gasteiger partial charge in [-0.25, -0.2) is 0 Å². The molecule has 0 aliphatic carbocycles. The molecular weight excluding hydrogens is 372 g/mol. The van der Waals surface area contributed by atoms with Crippen molar-refractivity contribution in [2.75, 3.05) is 14.2 Å². The Balaban J connectivity index is 2.17. The minimum absolute atomic E-state index is 0.324. The summed E-state index contributed by atoms with van der Waals surface area (Å²) in [5.74, 6) is 1.39. The van der Waals surface area contributed by atoms with Crippen LogP contribution in [0, 0.1) is 0 Å². The van der Waals surface area contributed by atoms with E-state index < -0.39 is 0 Å². The van der Waals surface area contributed by atoms with Crippen LogP contribution in [-0.2, 0) is 24.4 Å². The number of benzene rings is 2. The largest absolute Gasteiger partial charge is 0.497 e. The maximum absolute atomic E-state index is 11.5. The SMILES string of the molecule is CCc1cc(OC)c(C=O)c(COCc2ccc(OC)cc2)c1Br. The number of aldehydes is 1. The van der Waals surface area contributed by atoms with Crippen LogP contribution in [0.2, 0.25) is 0 Å². The lowest BCUT2D eigenvalue weighted by Crippen LogP contribution is -2.04. The fourth-order valence-corrected chi connectivity index (χ4v) is 3.17. The predicted molar refractivity (Wildman–Crippen MR) is 96.9 cm³/mol. The molecule has 4 nitrogen and oxygen atoms in total. The van der Waals surface area contributed by atoms with Crippen LogP contribution in [-0.4, -0.2) is 20.5 Å². The van der Waals surface area contributed by atoms with Crippen LogP contribution in [0.5, 0.6) is 11.5 Å². The lowest BCUT2D eigenvalue weighted by molar-refractivity contribution is 0.103. The fraction of sp³-hybridized carbons (Fsp3) is 0.316. The van der Waals surface area contributed by atoms with Crippen LogP contribution in [0.4, 0.5) is 0 Å². The highest BCUT2D eigenvalue weighted by molar-refractivity contribution is 9.10. The predicted octanol–water partition coefficient (Wildman–Crippen LogP) is 4.56. The van der Waals surface area contributed by atoms with Gasteiger partial charge in [0, 0.05) is 10.0 Å². The molecule has 0 atom stereocenters. The molecule has 2 aromatic carbocycles. The zero-order chi connectivity index (χ0) is 17.5. The third-order valence-corrected chi connectivity index (χ3v) is 4.82. The Morgan fingerprint density at radius 1 is 1.08 bits per heavy atom. The first-order valence-electron chi connectivity index (χ1n) is 7.68.